The molecule has 2 aliphatic rings. The van der Waals surface area contributed by atoms with E-state index < -0.39 is 0 Å². The Balaban J connectivity index is 1.76. The second-order valence-electron chi connectivity index (χ2n) is 6.83. The van der Waals surface area contributed by atoms with Gasteiger partial charge in [-0.1, -0.05) is 59.6 Å². The van der Waals surface area contributed by atoms with Crippen LogP contribution in [0, 0.1) is 6.92 Å². The molecular weight excluding hydrogens is 342 g/mol. The third-order valence-corrected chi connectivity index (χ3v) is 5.30. The number of fused-ring (bicyclic) bond motifs is 5. The van der Waals surface area contributed by atoms with Crippen LogP contribution >= 0.6 is 11.6 Å². The molecule has 0 N–H and O–H groups in total. The minimum absolute atomic E-state index is 0.125. The number of anilines is 1. The van der Waals surface area contributed by atoms with Crippen molar-refractivity contribution in [2.75, 3.05) is 4.90 Å². The number of hydrogen-bond acceptors (Lipinski definition) is 2. The second-order valence-corrected chi connectivity index (χ2v) is 7.27. The van der Waals surface area contributed by atoms with E-state index in [9.17, 15) is 0 Å². The average Bonchev–Trinajstić information content (AvgIpc) is 2.66. The lowest BCUT2D eigenvalue weighted by Gasteiger charge is -2.43. The van der Waals surface area contributed by atoms with Gasteiger partial charge >= 0.3 is 0 Å². The third kappa shape index (κ3) is 2.45. The lowest BCUT2D eigenvalue weighted by Crippen LogP contribution is -2.35. The van der Waals surface area contributed by atoms with E-state index in [-0.39, 0.29) is 6.23 Å². The summed E-state index contributed by atoms with van der Waals surface area (Å²) >= 11 is 6.22. The normalized spacial score (nSPS) is 17.8. The van der Waals surface area contributed by atoms with Crippen molar-refractivity contribution < 1.29 is 4.74 Å². The molecule has 0 amide bonds. The first-order valence-electron chi connectivity index (χ1n) is 8.78. The van der Waals surface area contributed by atoms with Gasteiger partial charge in [0.25, 0.3) is 0 Å². The summed E-state index contributed by atoms with van der Waals surface area (Å²) in [5.74, 6) is 0. The quantitative estimate of drug-likeness (QED) is 0.513. The minimum Gasteiger partial charge on any atom is -0.349 e. The van der Waals surface area contributed by atoms with Crippen LogP contribution in [-0.2, 0) is 11.3 Å². The van der Waals surface area contributed by atoms with Gasteiger partial charge in [0, 0.05) is 21.8 Å². The van der Waals surface area contributed by atoms with Crippen LogP contribution in [0.1, 0.15) is 34.0 Å². The summed E-state index contributed by atoms with van der Waals surface area (Å²) in [7, 11) is 0. The van der Waals surface area contributed by atoms with Crippen LogP contribution in [0.15, 0.2) is 66.7 Å². The van der Waals surface area contributed by atoms with Gasteiger partial charge < -0.3 is 9.64 Å². The molecular formula is C23H18ClNO. The van der Waals surface area contributed by atoms with E-state index >= 15 is 0 Å². The van der Waals surface area contributed by atoms with Crippen LogP contribution in [0.2, 0.25) is 5.02 Å². The van der Waals surface area contributed by atoms with Crippen molar-refractivity contribution in [3.63, 3.8) is 0 Å². The molecule has 2 heterocycles. The molecule has 1 unspecified atom stereocenters. The summed E-state index contributed by atoms with van der Waals surface area (Å²) in [4.78, 5) is 2.30. The molecule has 0 saturated heterocycles. The summed E-state index contributed by atoms with van der Waals surface area (Å²) in [5, 5.41) is 0.740. The van der Waals surface area contributed by atoms with Crippen molar-refractivity contribution in [3.05, 3.63) is 99.6 Å². The number of aryl methyl sites for hydroxylation is 1. The Hall–Kier alpha value is -2.55. The molecule has 128 valence electrons. The molecule has 0 aliphatic carbocycles. The van der Waals surface area contributed by atoms with Gasteiger partial charge in [-0.05, 0) is 48.4 Å². The van der Waals surface area contributed by atoms with Gasteiger partial charge in [-0.2, -0.15) is 0 Å². The van der Waals surface area contributed by atoms with Crippen molar-refractivity contribution in [2.45, 2.75) is 19.8 Å². The van der Waals surface area contributed by atoms with E-state index in [2.05, 4.69) is 72.5 Å². The number of ether oxygens (including phenoxy) is 1. The van der Waals surface area contributed by atoms with Crippen molar-refractivity contribution in [1.82, 2.24) is 0 Å². The number of benzene rings is 3. The van der Waals surface area contributed by atoms with E-state index in [1.165, 1.54) is 22.3 Å². The highest BCUT2D eigenvalue weighted by atomic mass is 35.5. The summed E-state index contributed by atoms with van der Waals surface area (Å²) in [6, 6.07) is 23.1. The van der Waals surface area contributed by atoms with Gasteiger partial charge in [0.05, 0.1) is 12.3 Å². The molecule has 1 atom stereocenters. The highest BCUT2D eigenvalue weighted by Crippen LogP contribution is 2.47. The molecule has 0 aromatic heterocycles. The van der Waals surface area contributed by atoms with Gasteiger partial charge in [0.1, 0.15) is 0 Å². The summed E-state index contributed by atoms with van der Waals surface area (Å²) in [6.07, 6.45) is 2.13. The summed E-state index contributed by atoms with van der Waals surface area (Å²) in [6.45, 7) is 2.69. The standard InChI is InChI=1S/C23H18ClNO/c1-15-5-4-7-17(11-15)22-13-16-6-2-3-8-20(16)23-25(22)21-10-9-19(24)12-18(21)14-26-23/h2-13,23H,14H2,1H3. The molecule has 5 rings (SSSR count). The van der Waals surface area contributed by atoms with Gasteiger partial charge in [0.15, 0.2) is 6.23 Å². The molecule has 0 bridgehead atoms. The Morgan fingerprint density at radius 2 is 1.88 bits per heavy atom. The van der Waals surface area contributed by atoms with Crippen molar-refractivity contribution in [3.8, 4) is 0 Å². The molecule has 3 heteroatoms. The van der Waals surface area contributed by atoms with Crippen LogP contribution in [0.4, 0.5) is 5.69 Å². The van der Waals surface area contributed by atoms with Crippen LogP contribution in [0.25, 0.3) is 11.8 Å². The fraction of sp³-hybridized carbons (Fsp3) is 0.130. The summed E-state index contributed by atoms with van der Waals surface area (Å²) < 4.78 is 6.30. The Bertz CT molecular complexity index is 1040. The maximum atomic E-state index is 6.30. The molecule has 2 nitrogen and oxygen atoms in total. The number of halogens is 1. The van der Waals surface area contributed by atoms with Crippen LogP contribution in [0.3, 0.4) is 0 Å². The zero-order valence-corrected chi connectivity index (χ0v) is 15.2. The third-order valence-electron chi connectivity index (χ3n) is 5.06. The average molecular weight is 360 g/mol. The zero-order chi connectivity index (χ0) is 17.7. The second kappa shape index (κ2) is 6.01. The Kier molecular flexibility index (Phi) is 3.63. The highest BCUT2D eigenvalue weighted by Gasteiger charge is 2.35. The largest absolute Gasteiger partial charge is 0.349 e. The topological polar surface area (TPSA) is 12.5 Å². The first-order valence-corrected chi connectivity index (χ1v) is 9.15. The number of hydrogen-bond donors (Lipinski definition) is 0. The molecule has 3 aromatic rings. The Morgan fingerprint density at radius 1 is 1.00 bits per heavy atom. The van der Waals surface area contributed by atoms with E-state index in [1.807, 2.05) is 12.1 Å². The van der Waals surface area contributed by atoms with Crippen LogP contribution in [0.5, 0.6) is 0 Å². The minimum atomic E-state index is -0.125. The van der Waals surface area contributed by atoms with Gasteiger partial charge in [-0.3, -0.25) is 0 Å². The fourth-order valence-corrected chi connectivity index (χ4v) is 4.06. The fourth-order valence-electron chi connectivity index (χ4n) is 3.87. The van der Waals surface area contributed by atoms with E-state index in [4.69, 9.17) is 16.3 Å². The maximum Gasteiger partial charge on any atom is 0.161 e. The van der Waals surface area contributed by atoms with Crippen molar-refractivity contribution >= 4 is 29.1 Å². The molecule has 26 heavy (non-hydrogen) atoms. The van der Waals surface area contributed by atoms with E-state index in [0.717, 1.165) is 22.0 Å². The van der Waals surface area contributed by atoms with Crippen molar-refractivity contribution in [2.24, 2.45) is 0 Å². The summed E-state index contributed by atoms with van der Waals surface area (Å²) in [5.41, 5.74) is 8.27. The first kappa shape index (κ1) is 15.7. The van der Waals surface area contributed by atoms with Crippen LogP contribution < -0.4 is 4.90 Å². The van der Waals surface area contributed by atoms with Crippen molar-refractivity contribution in [1.29, 1.82) is 0 Å². The Labute approximate surface area is 158 Å². The predicted octanol–water partition coefficient (Wildman–Crippen LogP) is 6.20. The first-order chi connectivity index (χ1) is 12.7. The van der Waals surface area contributed by atoms with E-state index in [1.54, 1.807) is 0 Å². The zero-order valence-electron chi connectivity index (χ0n) is 14.4. The molecule has 2 aliphatic heterocycles. The molecule has 3 aromatic carbocycles. The maximum absolute atomic E-state index is 6.30. The van der Waals surface area contributed by atoms with Gasteiger partial charge in [0.2, 0.25) is 0 Å². The SMILES string of the molecule is Cc1cccc(C2=Cc3ccccc3C3OCc4cc(Cl)ccc4N23)c1. The highest BCUT2D eigenvalue weighted by molar-refractivity contribution is 6.30. The molecule has 0 fully saturated rings. The lowest BCUT2D eigenvalue weighted by molar-refractivity contribution is 0.0344. The van der Waals surface area contributed by atoms with E-state index in [0.29, 0.717) is 6.61 Å². The number of nitrogens with zero attached hydrogens (tertiary/aromatic N) is 1. The predicted molar refractivity (Wildman–Crippen MR) is 107 cm³/mol. The van der Waals surface area contributed by atoms with Gasteiger partial charge in [-0.15, -0.1) is 0 Å². The lowest BCUT2D eigenvalue weighted by atomic mass is 9.93. The molecule has 0 saturated carbocycles. The van der Waals surface area contributed by atoms with Crippen LogP contribution in [-0.4, -0.2) is 0 Å². The molecule has 0 radical (unpaired) electrons. The number of rotatable bonds is 1. The molecule has 0 spiro atoms. The smallest absolute Gasteiger partial charge is 0.161 e. The monoisotopic (exact) mass is 359 g/mol. The van der Waals surface area contributed by atoms with Gasteiger partial charge in [-0.25, -0.2) is 0 Å². The Morgan fingerprint density at radius 3 is 2.77 bits per heavy atom.